The van der Waals surface area contributed by atoms with Crippen molar-refractivity contribution in [3.05, 3.63) is 53.5 Å². The summed E-state index contributed by atoms with van der Waals surface area (Å²) in [7, 11) is 6.10. The van der Waals surface area contributed by atoms with Crippen LogP contribution in [0.4, 0.5) is 17.5 Å². The molecule has 0 amide bonds. The van der Waals surface area contributed by atoms with Crippen molar-refractivity contribution in [2.24, 2.45) is 21.1 Å². The van der Waals surface area contributed by atoms with Crippen LogP contribution < -0.4 is 14.7 Å². The van der Waals surface area contributed by atoms with Crippen LogP contribution in [0.15, 0.2) is 36.4 Å². The lowest BCUT2D eigenvalue weighted by Crippen LogP contribution is -2.42. The average Bonchev–Trinajstić information content (AvgIpc) is 4.40. The van der Waals surface area contributed by atoms with Crippen molar-refractivity contribution in [1.82, 2.24) is 59.0 Å². The summed E-state index contributed by atoms with van der Waals surface area (Å²) in [5.74, 6) is 3.37. The van der Waals surface area contributed by atoms with Gasteiger partial charge in [-0.2, -0.15) is 15.3 Å². The largest absolute Gasteiger partial charge is 0.395 e. The van der Waals surface area contributed by atoms with Gasteiger partial charge in [0.15, 0.2) is 16.9 Å². The fourth-order valence-corrected chi connectivity index (χ4v) is 14.5. The quantitative estimate of drug-likeness (QED) is 0.0987. The summed E-state index contributed by atoms with van der Waals surface area (Å²) >= 11 is 0. The maximum atomic E-state index is 9.62. The molecular weight excluding hydrogens is 1030 g/mol. The first kappa shape index (κ1) is 61.2. The summed E-state index contributed by atoms with van der Waals surface area (Å²) in [6, 6.07) is 14.5. The fourth-order valence-electron chi connectivity index (χ4n) is 14.5. The van der Waals surface area contributed by atoms with E-state index < -0.39 is 0 Å². The zero-order valence-corrected chi connectivity index (χ0v) is 52.2. The van der Waals surface area contributed by atoms with Gasteiger partial charge in [0, 0.05) is 88.7 Å². The SMILES string of the molecule is CC1CCCN1CCCc1nn(C)c2nc(N3CCCCCCC3)ccc12.Cn1nc(CCCN2CCCCC2)c2ccc(N3CCCCCCC3)nc21.Cn1nc(CCCN2CCCCC2CO)c2ccc(N3CCCCCCC3)nc21. The van der Waals surface area contributed by atoms with E-state index in [2.05, 4.69) is 72.7 Å². The number of pyridine rings is 3. The number of rotatable bonds is 16. The molecule has 6 aliphatic rings. The number of hydrogen-bond acceptors (Lipinski definition) is 13. The average molecular weight is 1140 g/mol. The lowest BCUT2D eigenvalue weighted by molar-refractivity contribution is 0.0893. The normalized spacial score (nSPS) is 21.4. The first-order valence-corrected chi connectivity index (χ1v) is 33.8. The molecule has 12 rings (SSSR count). The molecule has 16 heteroatoms. The van der Waals surface area contributed by atoms with Gasteiger partial charge in [-0.25, -0.2) is 15.0 Å². The third-order valence-electron chi connectivity index (χ3n) is 19.5. The molecule has 0 aliphatic carbocycles. The van der Waals surface area contributed by atoms with Crippen LogP contribution in [0.25, 0.3) is 33.1 Å². The Hall–Kier alpha value is -4.90. The number of aliphatic hydroxyl groups is 1. The van der Waals surface area contributed by atoms with E-state index in [1.165, 1.54) is 214 Å². The minimum Gasteiger partial charge on any atom is -0.395 e. The minimum atomic E-state index is 0.287. The van der Waals surface area contributed by atoms with Crippen LogP contribution in [0, 0.1) is 0 Å². The van der Waals surface area contributed by atoms with Crippen molar-refractivity contribution in [1.29, 1.82) is 0 Å². The topological polar surface area (TPSA) is 132 Å². The molecule has 6 fully saturated rings. The highest BCUT2D eigenvalue weighted by atomic mass is 16.3. The Balaban J connectivity index is 0.000000139. The van der Waals surface area contributed by atoms with Gasteiger partial charge in [-0.3, -0.25) is 18.9 Å². The standard InChI is InChI=1S/C23H37N5O.2C22H35N5/c1-26-23-20(12-13-22(24-23)28-15-6-3-2-4-7-16-28)21(25-26)11-9-17-27-14-8-5-10-19(27)18-29;1-18-10-8-16-26(18)17-9-11-20-19-12-13-21(23-22(19)25(2)24-20)27-14-6-4-3-5-7-15-27;1-25-22-19(20(24-25)11-10-16-26-14-6-5-7-15-26)12-13-21(23-22)27-17-8-3-2-4-9-18-27/h12-13,19,29H,2-11,14-18H2,1H3;12-13,18H,3-11,14-17H2,1-2H3;12-13H,2-11,14-18H2,1H3. The van der Waals surface area contributed by atoms with Gasteiger partial charge < -0.3 is 29.6 Å². The molecule has 83 heavy (non-hydrogen) atoms. The summed E-state index contributed by atoms with van der Waals surface area (Å²) in [6.45, 7) is 17.8. The van der Waals surface area contributed by atoms with Crippen LogP contribution >= 0.6 is 0 Å². The Morgan fingerprint density at radius 1 is 0.386 bits per heavy atom. The fraction of sp³-hybridized carbons (Fsp3) is 0.731. The Morgan fingerprint density at radius 2 is 0.735 bits per heavy atom. The molecule has 0 spiro atoms. The first-order valence-electron chi connectivity index (χ1n) is 33.8. The second-order valence-electron chi connectivity index (χ2n) is 25.7. The lowest BCUT2D eigenvalue weighted by atomic mass is 10.0. The van der Waals surface area contributed by atoms with Gasteiger partial charge in [-0.05, 0) is 205 Å². The molecular formula is C67H107N15O. The van der Waals surface area contributed by atoms with E-state index in [1.54, 1.807) is 0 Å². The van der Waals surface area contributed by atoms with Gasteiger partial charge in [0.1, 0.15) is 17.5 Å². The van der Waals surface area contributed by atoms with E-state index in [9.17, 15) is 5.11 Å². The molecule has 12 heterocycles. The molecule has 0 radical (unpaired) electrons. The first-order chi connectivity index (χ1) is 40.8. The predicted octanol–water partition coefficient (Wildman–Crippen LogP) is 11.8. The Bertz CT molecular complexity index is 2860. The summed E-state index contributed by atoms with van der Waals surface area (Å²) in [5, 5.41) is 27.7. The number of anilines is 3. The second-order valence-corrected chi connectivity index (χ2v) is 25.7. The number of piperidine rings is 2. The van der Waals surface area contributed by atoms with Gasteiger partial charge in [0.25, 0.3) is 0 Å². The van der Waals surface area contributed by atoms with E-state index in [-0.39, 0.29) is 6.61 Å². The molecule has 6 aliphatic heterocycles. The number of aromatic nitrogens is 9. The number of hydrogen-bond donors (Lipinski definition) is 1. The van der Waals surface area contributed by atoms with E-state index in [4.69, 9.17) is 30.2 Å². The summed E-state index contributed by atoms with van der Waals surface area (Å²) in [5.41, 5.74) is 6.68. The van der Waals surface area contributed by atoms with Gasteiger partial charge in [0.05, 0.1) is 23.7 Å². The van der Waals surface area contributed by atoms with Gasteiger partial charge >= 0.3 is 0 Å². The third-order valence-corrected chi connectivity index (χ3v) is 19.5. The molecule has 2 atom stereocenters. The third kappa shape index (κ3) is 16.8. The molecule has 6 aromatic heterocycles. The zero-order valence-electron chi connectivity index (χ0n) is 52.2. The molecule has 2 unspecified atom stereocenters. The number of aliphatic hydroxyl groups excluding tert-OH is 1. The van der Waals surface area contributed by atoms with Crippen LogP contribution in [-0.4, -0.2) is 168 Å². The van der Waals surface area contributed by atoms with E-state index >= 15 is 0 Å². The van der Waals surface area contributed by atoms with E-state index in [1.807, 2.05) is 35.2 Å². The zero-order chi connectivity index (χ0) is 57.2. The van der Waals surface area contributed by atoms with Crippen molar-refractivity contribution < 1.29 is 5.11 Å². The van der Waals surface area contributed by atoms with Crippen molar-refractivity contribution in [2.75, 3.05) is 106 Å². The van der Waals surface area contributed by atoms with Crippen molar-refractivity contribution >= 4 is 50.6 Å². The molecule has 456 valence electrons. The summed E-state index contributed by atoms with van der Waals surface area (Å²) < 4.78 is 5.92. The number of likely N-dealkylation sites (tertiary alicyclic amines) is 3. The van der Waals surface area contributed by atoms with Crippen LogP contribution in [0.3, 0.4) is 0 Å². The van der Waals surface area contributed by atoms with Crippen LogP contribution in [0.1, 0.15) is 191 Å². The van der Waals surface area contributed by atoms with Crippen LogP contribution in [0.5, 0.6) is 0 Å². The molecule has 6 aromatic rings. The highest BCUT2D eigenvalue weighted by Gasteiger charge is 2.24. The summed E-state index contributed by atoms with van der Waals surface area (Å²) in [6.07, 6.45) is 36.9. The van der Waals surface area contributed by atoms with E-state index in [0.717, 1.165) is 131 Å². The number of nitrogens with zero attached hydrogens (tertiary/aromatic N) is 15. The highest BCUT2D eigenvalue weighted by molar-refractivity contribution is 5.82. The summed E-state index contributed by atoms with van der Waals surface area (Å²) in [4.78, 5) is 30.1. The minimum absolute atomic E-state index is 0.287. The molecule has 16 nitrogen and oxygen atoms in total. The van der Waals surface area contributed by atoms with Crippen molar-refractivity contribution in [2.45, 2.75) is 205 Å². The molecule has 0 aromatic carbocycles. The monoisotopic (exact) mass is 1140 g/mol. The van der Waals surface area contributed by atoms with Crippen molar-refractivity contribution in [3.63, 3.8) is 0 Å². The van der Waals surface area contributed by atoms with Crippen molar-refractivity contribution in [3.8, 4) is 0 Å². The number of aryl methyl sites for hydroxylation is 6. The Morgan fingerprint density at radius 3 is 1.13 bits per heavy atom. The van der Waals surface area contributed by atoms with Crippen LogP contribution in [-0.2, 0) is 40.4 Å². The maximum absolute atomic E-state index is 9.62. The van der Waals surface area contributed by atoms with Gasteiger partial charge in [0.2, 0.25) is 0 Å². The van der Waals surface area contributed by atoms with Gasteiger partial charge in [-0.15, -0.1) is 0 Å². The smallest absolute Gasteiger partial charge is 0.160 e. The van der Waals surface area contributed by atoms with E-state index in [0.29, 0.717) is 6.04 Å². The second kappa shape index (κ2) is 31.5. The highest BCUT2D eigenvalue weighted by Crippen LogP contribution is 2.29. The number of fused-ring (bicyclic) bond motifs is 3. The molecule has 1 N–H and O–H groups in total. The predicted molar refractivity (Wildman–Crippen MR) is 343 cm³/mol. The van der Waals surface area contributed by atoms with Crippen LogP contribution in [0.2, 0.25) is 0 Å². The van der Waals surface area contributed by atoms with Gasteiger partial charge in [-0.1, -0.05) is 70.6 Å². The Kier molecular flexibility index (Phi) is 23.2. The molecule has 0 saturated carbocycles. The Labute approximate surface area is 498 Å². The lowest BCUT2D eigenvalue weighted by Gasteiger charge is -2.34. The maximum Gasteiger partial charge on any atom is 0.160 e. The molecule has 6 saturated heterocycles. The molecule has 0 bridgehead atoms.